The molecule has 0 amide bonds. The third-order valence-corrected chi connectivity index (χ3v) is 2.57. The Labute approximate surface area is 109 Å². The Hall–Kier alpha value is -2.82. The molecule has 0 heterocycles. The quantitative estimate of drug-likeness (QED) is 0.383. The first-order valence-corrected chi connectivity index (χ1v) is 5.51. The standard InChI is InChI=1S/C14H11NO4/c16-13-8-5-11(9-14(13)17)2-1-10-3-6-12(7-4-10)15(18)19/h1-9,16-17H. The van der Waals surface area contributed by atoms with Crippen molar-refractivity contribution in [2.24, 2.45) is 0 Å². The molecule has 5 nitrogen and oxygen atoms in total. The van der Waals surface area contributed by atoms with Crippen LogP contribution in [-0.2, 0) is 0 Å². The van der Waals surface area contributed by atoms with Crippen molar-refractivity contribution in [2.75, 3.05) is 0 Å². The minimum absolute atomic E-state index is 0.0411. The number of nitro benzene ring substituents is 1. The maximum absolute atomic E-state index is 10.5. The highest BCUT2D eigenvalue weighted by molar-refractivity contribution is 5.71. The molecule has 0 bridgehead atoms. The molecule has 0 unspecified atom stereocenters. The molecule has 0 radical (unpaired) electrons. The van der Waals surface area contributed by atoms with Crippen molar-refractivity contribution in [2.45, 2.75) is 0 Å². The zero-order chi connectivity index (χ0) is 13.8. The maximum Gasteiger partial charge on any atom is 0.269 e. The summed E-state index contributed by atoms with van der Waals surface area (Å²) in [7, 11) is 0. The third-order valence-electron chi connectivity index (χ3n) is 2.57. The fourth-order valence-electron chi connectivity index (χ4n) is 1.54. The zero-order valence-corrected chi connectivity index (χ0v) is 9.85. The first-order valence-electron chi connectivity index (χ1n) is 5.51. The molecule has 0 spiro atoms. The summed E-state index contributed by atoms with van der Waals surface area (Å²) in [6, 6.07) is 10.6. The Morgan fingerprint density at radius 3 is 2.05 bits per heavy atom. The van der Waals surface area contributed by atoms with Crippen molar-refractivity contribution < 1.29 is 15.1 Å². The van der Waals surface area contributed by atoms with Crippen LogP contribution in [0.15, 0.2) is 42.5 Å². The number of phenolic OH excluding ortho intramolecular Hbond substituents is 2. The Kier molecular flexibility index (Phi) is 3.47. The second-order valence-electron chi connectivity index (χ2n) is 3.93. The summed E-state index contributed by atoms with van der Waals surface area (Å²) in [4.78, 5) is 10.0. The second-order valence-corrected chi connectivity index (χ2v) is 3.93. The van der Waals surface area contributed by atoms with Crippen molar-refractivity contribution in [1.29, 1.82) is 0 Å². The minimum Gasteiger partial charge on any atom is -0.504 e. The number of rotatable bonds is 3. The molecule has 0 fully saturated rings. The van der Waals surface area contributed by atoms with Crippen molar-refractivity contribution in [3.63, 3.8) is 0 Å². The van der Waals surface area contributed by atoms with Gasteiger partial charge >= 0.3 is 0 Å². The van der Waals surface area contributed by atoms with Gasteiger partial charge in [-0.2, -0.15) is 0 Å². The number of non-ortho nitro benzene ring substituents is 1. The number of nitro groups is 1. The van der Waals surface area contributed by atoms with Gasteiger partial charge in [-0.1, -0.05) is 18.2 Å². The second kappa shape index (κ2) is 5.22. The highest BCUT2D eigenvalue weighted by Gasteiger charge is 2.02. The summed E-state index contributed by atoms with van der Waals surface area (Å²) in [6.45, 7) is 0. The molecular formula is C14H11NO4. The van der Waals surface area contributed by atoms with Gasteiger partial charge in [0, 0.05) is 12.1 Å². The lowest BCUT2D eigenvalue weighted by Gasteiger charge is -1.98. The Bertz CT molecular complexity index is 632. The van der Waals surface area contributed by atoms with Gasteiger partial charge in [-0.15, -0.1) is 0 Å². The molecule has 0 aromatic heterocycles. The smallest absolute Gasteiger partial charge is 0.269 e. The summed E-state index contributed by atoms with van der Waals surface area (Å²) in [5.41, 5.74) is 1.56. The molecule has 0 atom stereocenters. The molecule has 0 saturated carbocycles. The van der Waals surface area contributed by atoms with Crippen LogP contribution in [0.2, 0.25) is 0 Å². The molecule has 96 valence electrons. The molecule has 2 aromatic rings. The van der Waals surface area contributed by atoms with Crippen LogP contribution in [0.1, 0.15) is 11.1 Å². The lowest BCUT2D eigenvalue weighted by Crippen LogP contribution is -1.86. The van der Waals surface area contributed by atoms with Crippen LogP contribution in [-0.4, -0.2) is 15.1 Å². The van der Waals surface area contributed by atoms with Crippen LogP contribution < -0.4 is 0 Å². The van der Waals surface area contributed by atoms with Crippen LogP contribution in [0.25, 0.3) is 12.2 Å². The molecule has 0 saturated heterocycles. The maximum atomic E-state index is 10.5. The van der Waals surface area contributed by atoms with Gasteiger partial charge in [0.15, 0.2) is 11.5 Å². The van der Waals surface area contributed by atoms with Crippen LogP contribution >= 0.6 is 0 Å². The van der Waals surface area contributed by atoms with Gasteiger partial charge < -0.3 is 10.2 Å². The number of nitrogens with zero attached hydrogens (tertiary/aromatic N) is 1. The molecule has 0 aliphatic carbocycles. The summed E-state index contributed by atoms with van der Waals surface area (Å²) in [5.74, 6) is -0.363. The summed E-state index contributed by atoms with van der Waals surface area (Å²) < 4.78 is 0. The largest absolute Gasteiger partial charge is 0.504 e. The van der Waals surface area contributed by atoms with E-state index in [1.54, 1.807) is 30.4 Å². The fraction of sp³-hybridized carbons (Fsp3) is 0. The van der Waals surface area contributed by atoms with Crippen molar-refractivity contribution in [1.82, 2.24) is 0 Å². The van der Waals surface area contributed by atoms with E-state index in [2.05, 4.69) is 0 Å². The predicted molar refractivity (Wildman–Crippen MR) is 71.8 cm³/mol. The first kappa shape index (κ1) is 12.6. The highest BCUT2D eigenvalue weighted by Crippen LogP contribution is 2.25. The third kappa shape index (κ3) is 3.10. The van der Waals surface area contributed by atoms with Crippen LogP contribution in [0.5, 0.6) is 11.5 Å². The van der Waals surface area contributed by atoms with Gasteiger partial charge in [0.25, 0.3) is 5.69 Å². The molecule has 0 aliphatic heterocycles. The lowest BCUT2D eigenvalue weighted by molar-refractivity contribution is -0.384. The Balaban J connectivity index is 2.17. The minimum atomic E-state index is -0.453. The van der Waals surface area contributed by atoms with Crippen molar-refractivity contribution in [3.05, 3.63) is 63.7 Å². The molecule has 0 aliphatic rings. The highest BCUT2D eigenvalue weighted by atomic mass is 16.6. The predicted octanol–water partition coefficient (Wildman–Crippen LogP) is 3.18. The van der Waals surface area contributed by atoms with E-state index in [1.165, 1.54) is 24.3 Å². The molecule has 19 heavy (non-hydrogen) atoms. The molecular weight excluding hydrogens is 246 g/mol. The number of benzene rings is 2. The van der Waals surface area contributed by atoms with E-state index in [0.717, 1.165) is 5.56 Å². The topological polar surface area (TPSA) is 83.6 Å². The van der Waals surface area contributed by atoms with Crippen LogP contribution in [0, 0.1) is 10.1 Å². The van der Waals surface area contributed by atoms with Crippen molar-refractivity contribution >= 4 is 17.8 Å². The van der Waals surface area contributed by atoms with Gasteiger partial charge in [-0.25, -0.2) is 0 Å². The van der Waals surface area contributed by atoms with E-state index < -0.39 is 4.92 Å². The van der Waals surface area contributed by atoms with E-state index in [1.807, 2.05) is 0 Å². The molecule has 5 heteroatoms. The van der Waals surface area contributed by atoms with E-state index in [4.69, 9.17) is 0 Å². The van der Waals surface area contributed by atoms with Crippen LogP contribution in [0.3, 0.4) is 0 Å². The molecule has 2 rings (SSSR count). The monoisotopic (exact) mass is 257 g/mol. The van der Waals surface area contributed by atoms with Gasteiger partial charge in [0.1, 0.15) is 0 Å². The van der Waals surface area contributed by atoms with Crippen LogP contribution in [0.4, 0.5) is 5.69 Å². The van der Waals surface area contributed by atoms with Crippen molar-refractivity contribution in [3.8, 4) is 11.5 Å². The Morgan fingerprint density at radius 2 is 1.47 bits per heavy atom. The average molecular weight is 257 g/mol. The van der Waals surface area contributed by atoms with E-state index in [-0.39, 0.29) is 17.2 Å². The normalized spacial score (nSPS) is 10.7. The van der Waals surface area contributed by atoms with E-state index in [9.17, 15) is 20.3 Å². The first-order chi connectivity index (χ1) is 9.06. The number of hydrogen-bond donors (Lipinski definition) is 2. The fourth-order valence-corrected chi connectivity index (χ4v) is 1.54. The summed E-state index contributed by atoms with van der Waals surface area (Å²) >= 11 is 0. The molecule has 2 N–H and O–H groups in total. The van der Waals surface area contributed by atoms with E-state index >= 15 is 0 Å². The van der Waals surface area contributed by atoms with Gasteiger partial charge in [-0.05, 0) is 35.4 Å². The SMILES string of the molecule is O=[N+]([O-])c1ccc(C=Cc2ccc(O)c(O)c2)cc1. The zero-order valence-electron chi connectivity index (χ0n) is 9.85. The summed E-state index contributed by atoms with van der Waals surface area (Å²) in [6.07, 6.45) is 3.50. The Morgan fingerprint density at radius 1 is 0.895 bits per heavy atom. The lowest BCUT2D eigenvalue weighted by atomic mass is 10.1. The number of aromatic hydroxyl groups is 2. The number of phenols is 2. The van der Waals surface area contributed by atoms with E-state index in [0.29, 0.717) is 5.56 Å². The van der Waals surface area contributed by atoms with Gasteiger partial charge in [-0.3, -0.25) is 10.1 Å². The molecule has 2 aromatic carbocycles. The van der Waals surface area contributed by atoms with Gasteiger partial charge in [0.2, 0.25) is 0 Å². The summed E-state index contributed by atoms with van der Waals surface area (Å²) in [5, 5.41) is 29.0. The average Bonchev–Trinajstić information content (AvgIpc) is 2.40. The van der Waals surface area contributed by atoms with Gasteiger partial charge in [0.05, 0.1) is 4.92 Å². The number of hydrogen-bond acceptors (Lipinski definition) is 4.